The highest BCUT2D eigenvalue weighted by molar-refractivity contribution is 5.75. The zero-order chi connectivity index (χ0) is 18.7. The predicted octanol–water partition coefficient (Wildman–Crippen LogP) is 3.11. The van der Waals surface area contributed by atoms with Crippen LogP contribution in [0.5, 0.6) is 5.75 Å². The first kappa shape index (κ1) is 18.3. The molecule has 0 unspecified atom stereocenters. The molecule has 140 valence electrons. The lowest BCUT2D eigenvalue weighted by Gasteiger charge is -2.14. The number of benzene rings is 1. The number of nitrogens with one attached hydrogen (secondary N) is 1. The quantitative estimate of drug-likeness (QED) is 0.884. The van der Waals surface area contributed by atoms with Crippen molar-refractivity contribution in [3.8, 4) is 5.75 Å². The number of alkyl halides is 3. The number of rotatable bonds is 5. The van der Waals surface area contributed by atoms with Crippen LogP contribution in [0, 0.1) is 0 Å². The van der Waals surface area contributed by atoms with Crippen molar-refractivity contribution >= 4 is 5.91 Å². The zero-order valence-corrected chi connectivity index (χ0v) is 14.4. The van der Waals surface area contributed by atoms with E-state index >= 15 is 0 Å². The number of carbonyl (C=O) groups excluding carboxylic acids is 1. The van der Waals surface area contributed by atoms with E-state index in [1.165, 1.54) is 4.68 Å². The lowest BCUT2D eigenvalue weighted by Crippen LogP contribution is -2.28. The molecule has 0 saturated heterocycles. The van der Waals surface area contributed by atoms with E-state index in [2.05, 4.69) is 10.4 Å². The molecule has 0 fully saturated rings. The minimum Gasteiger partial charge on any atom is -0.497 e. The number of hydrogen-bond acceptors (Lipinski definition) is 3. The largest absolute Gasteiger partial charge is 0.497 e. The molecule has 1 N–H and O–H groups in total. The number of nitrogens with zero attached hydrogens (tertiary/aromatic N) is 2. The van der Waals surface area contributed by atoms with Crippen LogP contribution in [-0.2, 0) is 36.9 Å². The predicted molar refractivity (Wildman–Crippen MR) is 88.7 cm³/mol. The Morgan fingerprint density at radius 2 is 1.92 bits per heavy atom. The minimum absolute atomic E-state index is 0.214. The molecule has 1 aromatic heterocycles. The monoisotopic (exact) mass is 367 g/mol. The Bertz CT molecular complexity index is 782. The molecule has 0 atom stereocenters. The average molecular weight is 367 g/mol. The topological polar surface area (TPSA) is 56.1 Å². The molecule has 1 aliphatic rings. The highest BCUT2D eigenvalue weighted by Crippen LogP contribution is 2.35. The summed E-state index contributed by atoms with van der Waals surface area (Å²) in [5.74, 6) is 0.341. The number of carbonyl (C=O) groups is 1. The molecule has 0 spiro atoms. The van der Waals surface area contributed by atoms with Gasteiger partial charge in [0.25, 0.3) is 0 Å². The number of halogens is 3. The third kappa shape index (κ3) is 4.00. The van der Waals surface area contributed by atoms with Gasteiger partial charge in [0.05, 0.1) is 7.11 Å². The number of methoxy groups -OCH3 is 1. The van der Waals surface area contributed by atoms with Crippen molar-refractivity contribution in [1.82, 2.24) is 15.1 Å². The van der Waals surface area contributed by atoms with E-state index in [-0.39, 0.29) is 18.0 Å². The Hall–Kier alpha value is -2.51. The molecule has 1 amide bonds. The van der Waals surface area contributed by atoms with Crippen LogP contribution >= 0.6 is 0 Å². The first-order valence-electron chi connectivity index (χ1n) is 8.44. The smallest absolute Gasteiger partial charge is 0.435 e. The van der Waals surface area contributed by atoms with E-state index in [4.69, 9.17) is 4.74 Å². The Morgan fingerprint density at radius 3 is 2.58 bits per heavy atom. The van der Waals surface area contributed by atoms with Crippen LogP contribution in [0.4, 0.5) is 13.2 Å². The second kappa shape index (κ2) is 7.39. The van der Waals surface area contributed by atoms with Gasteiger partial charge in [-0.1, -0.05) is 12.1 Å². The molecule has 5 nitrogen and oxygen atoms in total. The molecule has 0 saturated carbocycles. The fraction of sp³-hybridized carbons (Fsp3) is 0.444. The first-order valence-corrected chi connectivity index (χ1v) is 8.44. The minimum atomic E-state index is -4.49. The number of fused-ring (bicyclic) bond motifs is 1. The molecule has 3 rings (SSSR count). The van der Waals surface area contributed by atoms with Crippen LogP contribution in [0.25, 0.3) is 0 Å². The summed E-state index contributed by atoms with van der Waals surface area (Å²) in [4.78, 5) is 12.2. The lowest BCUT2D eigenvalue weighted by atomic mass is 9.95. The van der Waals surface area contributed by atoms with Crippen molar-refractivity contribution in [1.29, 1.82) is 0 Å². The molecule has 26 heavy (non-hydrogen) atoms. The lowest BCUT2D eigenvalue weighted by molar-refractivity contribution is -0.142. The van der Waals surface area contributed by atoms with Crippen LogP contribution in [0.15, 0.2) is 24.3 Å². The molecule has 1 aromatic carbocycles. The molecule has 0 bridgehead atoms. The summed E-state index contributed by atoms with van der Waals surface area (Å²) in [7, 11) is 1.57. The van der Waals surface area contributed by atoms with E-state index in [9.17, 15) is 18.0 Å². The van der Waals surface area contributed by atoms with Gasteiger partial charge in [-0.15, -0.1) is 0 Å². The fourth-order valence-corrected chi connectivity index (χ4v) is 3.17. The highest BCUT2D eigenvalue weighted by Gasteiger charge is 2.39. The van der Waals surface area contributed by atoms with Crippen molar-refractivity contribution < 1.29 is 22.7 Å². The third-order valence-corrected chi connectivity index (χ3v) is 4.47. The van der Waals surface area contributed by atoms with Gasteiger partial charge in [0.1, 0.15) is 12.3 Å². The van der Waals surface area contributed by atoms with Gasteiger partial charge >= 0.3 is 6.18 Å². The van der Waals surface area contributed by atoms with Crippen LogP contribution in [0.1, 0.15) is 35.4 Å². The standard InChI is InChI=1S/C18H20F3N3O2/c1-26-13-8-6-12(7-9-13)10-22-16(25)11-24-15-5-3-2-4-14(15)17(23-24)18(19,20)21/h6-9H,2-5,10-11H2,1H3,(H,22,25). The van der Waals surface area contributed by atoms with Crippen molar-refractivity contribution in [3.63, 3.8) is 0 Å². The Morgan fingerprint density at radius 1 is 1.23 bits per heavy atom. The summed E-state index contributed by atoms with van der Waals surface area (Å²) in [6.07, 6.45) is -2.09. The molecule has 1 heterocycles. The number of ether oxygens (including phenoxy) is 1. The van der Waals surface area contributed by atoms with Crippen molar-refractivity contribution in [3.05, 3.63) is 46.8 Å². The van der Waals surface area contributed by atoms with Gasteiger partial charge in [-0.05, 0) is 43.4 Å². The molecular weight excluding hydrogens is 347 g/mol. The summed E-state index contributed by atoms with van der Waals surface area (Å²) in [6, 6.07) is 7.19. The Labute approximate surface area is 149 Å². The van der Waals surface area contributed by atoms with Crippen LogP contribution < -0.4 is 10.1 Å². The second-order valence-corrected chi connectivity index (χ2v) is 6.26. The Kier molecular flexibility index (Phi) is 5.20. The molecule has 0 radical (unpaired) electrons. The normalized spacial score (nSPS) is 14.0. The van der Waals surface area contributed by atoms with Gasteiger partial charge in [-0.25, -0.2) is 0 Å². The van der Waals surface area contributed by atoms with Crippen molar-refractivity contribution in [2.24, 2.45) is 0 Å². The van der Waals surface area contributed by atoms with Crippen LogP contribution in [0.3, 0.4) is 0 Å². The summed E-state index contributed by atoms with van der Waals surface area (Å²) >= 11 is 0. The van der Waals surface area contributed by atoms with Crippen LogP contribution in [-0.4, -0.2) is 22.8 Å². The highest BCUT2D eigenvalue weighted by atomic mass is 19.4. The summed E-state index contributed by atoms with van der Waals surface area (Å²) in [5, 5.41) is 6.41. The summed E-state index contributed by atoms with van der Waals surface area (Å²) in [5.41, 5.74) is 0.794. The van der Waals surface area contributed by atoms with Gasteiger partial charge in [-0.3, -0.25) is 9.48 Å². The maximum absolute atomic E-state index is 13.2. The zero-order valence-electron chi connectivity index (χ0n) is 14.4. The molecule has 1 aliphatic carbocycles. The SMILES string of the molecule is COc1ccc(CNC(=O)Cn2nc(C(F)(F)F)c3c2CCCC3)cc1. The first-order chi connectivity index (χ1) is 12.4. The van der Waals surface area contributed by atoms with Gasteiger partial charge in [0.2, 0.25) is 5.91 Å². The van der Waals surface area contributed by atoms with E-state index in [0.29, 0.717) is 37.3 Å². The van der Waals surface area contributed by atoms with Gasteiger partial charge in [0.15, 0.2) is 5.69 Å². The van der Waals surface area contributed by atoms with E-state index in [1.807, 2.05) is 12.1 Å². The van der Waals surface area contributed by atoms with Gasteiger partial charge in [0, 0.05) is 17.8 Å². The molecule has 2 aromatic rings. The molecule has 0 aliphatic heterocycles. The van der Waals surface area contributed by atoms with Crippen molar-refractivity contribution in [2.45, 2.75) is 44.9 Å². The fourth-order valence-electron chi connectivity index (χ4n) is 3.17. The van der Waals surface area contributed by atoms with Crippen molar-refractivity contribution in [2.75, 3.05) is 7.11 Å². The number of aromatic nitrogens is 2. The maximum atomic E-state index is 13.2. The van der Waals surface area contributed by atoms with E-state index in [0.717, 1.165) is 12.0 Å². The average Bonchev–Trinajstić information content (AvgIpc) is 2.99. The third-order valence-electron chi connectivity index (χ3n) is 4.47. The van der Waals surface area contributed by atoms with Gasteiger partial charge in [-0.2, -0.15) is 18.3 Å². The number of amides is 1. The molecular formula is C18H20F3N3O2. The molecule has 8 heteroatoms. The maximum Gasteiger partial charge on any atom is 0.435 e. The number of hydrogen-bond donors (Lipinski definition) is 1. The second-order valence-electron chi connectivity index (χ2n) is 6.26. The summed E-state index contributed by atoms with van der Waals surface area (Å²) < 4.78 is 45.8. The Balaban J connectivity index is 1.68. The van der Waals surface area contributed by atoms with Crippen LogP contribution in [0.2, 0.25) is 0 Å². The summed E-state index contributed by atoms with van der Waals surface area (Å²) in [6.45, 7) is 0.0764. The van der Waals surface area contributed by atoms with Gasteiger partial charge < -0.3 is 10.1 Å². The van der Waals surface area contributed by atoms with E-state index < -0.39 is 11.9 Å². The van der Waals surface area contributed by atoms with E-state index in [1.54, 1.807) is 19.2 Å².